The van der Waals surface area contributed by atoms with Gasteiger partial charge in [-0.3, -0.25) is 0 Å². The molecule has 3 rings (SSSR count). The van der Waals surface area contributed by atoms with E-state index in [1.165, 1.54) is 5.56 Å². The van der Waals surface area contributed by atoms with Crippen LogP contribution in [0.2, 0.25) is 5.02 Å². The predicted molar refractivity (Wildman–Crippen MR) is 85.3 cm³/mol. The summed E-state index contributed by atoms with van der Waals surface area (Å²) in [4.78, 5) is 1.13. The van der Waals surface area contributed by atoms with Gasteiger partial charge in [0.05, 0.1) is 4.88 Å². The van der Waals surface area contributed by atoms with Gasteiger partial charge < -0.3 is 4.57 Å². The van der Waals surface area contributed by atoms with Crippen LogP contribution < -0.4 is 0 Å². The van der Waals surface area contributed by atoms with E-state index in [0.29, 0.717) is 0 Å². The van der Waals surface area contributed by atoms with Crippen molar-refractivity contribution in [2.75, 3.05) is 0 Å². The van der Waals surface area contributed by atoms with Gasteiger partial charge in [0.1, 0.15) is 0 Å². The molecule has 2 aromatic heterocycles. The molecule has 0 amide bonds. The van der Waals surface area contributed by atoms with Crippen LogP contribution in [0, 0.1) is 0 Å². The number of thiophene rings is 1. The number of halogens is 1. The smallest absolute Gasteiger partial charge is 0.191 e. The highest BCUT2D eigenvalue weighted by molar-refractivity contribution is 7.98. The molecule has 0 bridgehead atoms. The van der Waals surface area contributed by atoms with Crippen LogP contribution in [0.1, 0.15) is 5.56 Å². The Balaban J connectivity index is 1.76. The number of aromatic nitrogens is 3. The monoisotopic (exact) mass is 321 g/mol. The zero-order valence-corrected chi connectivity index (χ0v) is 13.2. The summed E-state index contributed by atoms with van der Waals surface area (Å²) in [6.45, 7) is 0. The topological polar surface area (TPSA) is 30.7 Å². The van der Waals surface area contributed by atoms with E-state index in [-0.39, 0.29) is 0 Å². The third-order valence-corrected chi connectivity index (χ3v) is 5.03. The molecule has 0 saturated carbocycles. The van der Waals surface area contributed by atoms with E-state index >= 15 is 0 Å². The Morgan fingerprint density at radius 2 is 2.15 bits per heavy atom. The Kier molecular flexibility index (Phi) is 4.10. The lowest BCUT2D eigenvalue weighted by molar-refractivity contribution is 0.794. The SMILES string of the molecule is Cn1c(SCc2cccc(Cl)c2)nnc1-c1cccs1. The fourth-order valence-corrected chi connectivity index (χ4v) is 3.65. The highest BCUT2D eigenvalue weighted by Crippen LogP contribution is 2.28. The highest BCUT2D eigenvalue weighted by atomic mass is 35.5. The van der Waals surface area contributed by atoms with Crippen LogP contribution in [-0.4, -0.2) is 14.8 Å². The molecule has 0 saturated heterocycles. The largest absolute Gasteiger partial charge is 0.304 e. The van der Waals surface area contributed by atoms with Crippen molar-refractivity contribution in [1.82, 2.24) is 14.8 Å². The highest BCUT2D eigenvalue weighted by Gasteiger charge is 2.11. The number of hydrogen-bond acceptors (Lipinski definition) is 4. The maximum absolute atomic E-state index is 5.99. The first-order chi connectivity index (χ1) is 9.74. The van der Waals surface area contributed by atoms with E-state index in [9.17, 15) is 0 Å². The summed E-state index contributed by atoms with van der Waals surface area (Å²) in [5.74, 6) is 1.74. The number of hydrogen-bond donors (Lipinski definition) is 0. The van der Waals surface area contributed by atoms with Crippen molar-refractivity contribution < 1.29 is 0 Å². The first-order valence-electron chi connectivity index (χ1n) is 6.04. The quantitative estimate of drug-likeness (QED) is 0.663. The van der Waals surface area contributed by atoms with E-state index < -0.39 is 0 Å². The molecule has 6 heteroatoms. The first-order valence-corrected chi connectivity index (χ1v) is 8.29. The van der Waals surface area contributed by atoms with E-state index in [2.05, 4.69) is 22.3 Å². The van der Waals surface area contributed by atoms with Gasteiger partial charge in [-0.05, 0) is 29.1 Å². The molecule has 0 fully saturated rings. The summed E-state index contributed by atoms with van der Waals surface area (Å²) in [5.41, 5.74) is 1.18. The van der Waals surface area contributed by atoms with Crippen molar-refractivity contribution in [2.24, 2.45) is 7.05 Å². The average Bonchev–Trinajstić information content (AvgIpc) is 3.06. The van der Waals surface area contributed by atoms with Crippen LogP contribution in [0.5, 0.6) is 0 Å². The molecule has 20 heavy (non-hydrogen) atoms. The van der Waals surface area contributed by atoms with Crippen LogP contribution in [0.25, 0.3) is 10.7 Å². The second kappa shape index (κ2) is 5.99. The molecule has 102 valence electrons. The summed E-state index contributed by atoms with van der Waals surface area (Å²) in [6.07, 6.45) is 0. The Labute approximate surface area is 130 Å². The van der Waals surface area contributed by atoms with E-state index in [0.717, 1.165) is 26.6 Å². The summed E-state index contributed by atoms with van der Waals surface area (Å²) in [7, 11) is 2.00. The molecule has 0 aliphatic heterocycles. The minimum atomic E-state index is 0.764. The van der Waals surface area contributed by atoms with Gasteiger partial charge in [-0.2, -0.15) is 0 Å². The van der Waals surface area contributed by atoms with Crippen molar-refractivity contribution in [3.8, 4) is 10.7 Å². The van der Waals surface area contributed by atoms with Gasteiger partial charge in [0.25, 0.3) is 0 Å². The standard InChI is InChI=1S/C14H12ClN3S2/c1-18-13(12-6-3-7-19-12)16-17-14(18)20-9-10-4-2-5-11(15)8-10/h2-8H,9H2,1H3. The molecule has 0 unspecified atom stereocenters. The Morgan fingerprint density at radius 1 is 1.25 bits per heavy atom. The van der Waals surface area contributed by atoms with Crippen LogP contribution in [0.15, 0.2) is 46.9 Å². The Bertz CT molecular complexity index is 707. The normalized spacial score (nSPS) is 10.9. The molecule has 0 aliphatic carbocycles. The summed E-state index contributed by atoms with van der Waals surface area (Å²) in [5, 5.41) is 12.2. The lowest BCUT2D eigenvalue weighted by Crippen LogP contribution is -1.93. The van der Waals surface area contributed by atoms with E-state index in [1.54, 1.807) is 23.1 Å². The zero-order valence-electron chi connectivity index (χ0n) is 10.8. The van der Waals surface area contributed by atoms with E-state index in [1.807, 2.05) is 41.3 Å². The van der Waals surface area contributed by atoms with Crippen molar-refractivity contribution >= 4 is 34.7 Å². The fraction of sp³-hybridized carbons (Fsp3) is 0.143. The molecule has 0 atom stereocenters. The number of rotatable bonds is 4. The Morgan fingerprint density at radius 3 is 2.90 bits per heavy atom. The Hall–Kier alpha value is -1.30. The molecule has 3 nitrogen and oxygen atoms in total. The van der Waals surface area contributed by atoms with Crippen LogP contribution in [0.4, 0.5) is 0 Å². The van der Waals surface area contributed by atoms with Gasteiger partial charge in [0.2, 0.25) is 0 Å². The van der Waals surface area contributed by atoms with Crippen molar-refractivity contribution in [3.05, 3.63) is 52.4 Å². The fourth-order valence-electron chi connectivity index (χ4n) is 1.84. The number of benzene rings is 1. The van der Waals surface area contributed by atoms with Crippen molar-refractivity contribution in [1.29, 1.82) is 0 Å². The first kappa shape index (κ1) is 13.7. The van der Waals surface area contributed by atoms with Gasteiger partial charge in [-0.15, -0.1) is 21.5 Å². The van der Waals surface area contributed by atoms with Gasteiger partial charge in [-0.1, -0.05) is 41.6 Å². The zero-order chi connectivity index (χ0) is 13.9. The minimum Gasteiger partial charge on any atom is -0.304 e. The minimum absolute atomic E-state index is 0.764. The molecule has 0 aliphatic rings. The molecule has 3 aromatic rings. The van der Waals surface area contributed by atoms with Crippen LogP contribution in [0.3, 0.4) is 0 Å². The molecular weight excluding hydrogens is 310 g/mol. The summed E-state index contributed by atoms with van der Waals surface area (Å²) in [6, 6.07) is 12.0. The lowest BCUT2D eigenvalue weighted by Gasteiger charge is -2.03. The third kappa shape index (κ3) is 2.90. The van der Waals surface area contributed by atoms with Crippen molar-refractivity contribution in [2.45, 2.75) is 10.9 Å². The number of thioether (sulfide) groups is 1. The molecule has 0 spiro atoms. The molecule has 2 heterocycles. The van der Waals surface area contributed by atoms with Crippen molar-refractivity contribution in [3.63, 3.8) is 0 Å². The summed E-state index contributed by atoms with van der Waals surface area (Å²) >= 11 is 9.32. The molecule has 0 N–H and O–H groups in total. The van der Waals surface area contributed by atoms with Crippen LogP contribution in [-0.2, 0) is 12.8 Å². The van der Waals surface area contributed by atoms with Crippen LogP contribution >= 0.6 is 34.7 Å². The average molecular weight is 322 g/mol. The van der Waals surface area contributed by atoms with Gasteiger partial charge >= 0.3 is 0 Å². The predicted octanol–water partition coefficient (Wildman–Crippen LogP) is 4.49. The van der Waals surface area contributed by atoms with Gasteiger partial charge in [-0.25, -0.2) is 0 Å². The van der Waals surface area contributed by atoms with Gasteiger partial charge in [0.15, 0.2) is 11.0 Å². The summed E-state index contributed by atoms with van der Waals surface area (Å²) < 4.78 is 2.03. The maximum Gasteiger partial charge on any atom is 0.191 e. The van der Waals surface area contributed by atoms with E-state index in [4.69, 9.17) is 11.6 Å². The second-order valence-corrected chi connectivity index (χ2v) is 6.59. The molecule has 0 radical (unpaired) electrons. The molecule has 1 aromatic carbocycles. The third-order valence-electron chi connectivity index (χ3n) is 2.83. The molecular formula is C14H12ClN3S2. The lowest BCUT2D eigenvalue weighted by atomic mass is 10.2. The maximum atomic E-state index is 5.99. The van der Waals surface area contributed by atoms with Gasteiger partial charge in [0, 0.05) is 17.8 Å². The number of nitrogens with zero attached hydrogens (tertiary/aromatic N) is 3. The second-order valence-electron chi connectivity index (χ2n) is 4.26.